The van der Waals surface area contributed by atoms with Crippen LogP contribution in [0.15, 0.2) is 30.3 Å². The normalized spacial score (nSPS) is 19.4. The van der Waals surface area contributed by atoms with Crippen LogP contribution in [0.3, 0.4) is 0 Å². The first kappa shape index (κ1) is 6.27. The summed E-state index contributed by atoms with van der Waals surface area (Å²) in [6.07, 6.45) is 0.188. The van der Waals surface area contributed by atoms with E-state index in [0.717, 1.165) is 0 Å². The zero-order valence-electron chi connectivity index (χ0n) is 12.5. The van der Waals surface area contributed by atoms with E-state index in [1.54, 1.807) is 31.3 Å². The number of hydrogen-bond acceptors (Lipinski definition) is 1. The van der Waals surface area contributed by atoms with E-state index in [9.17, 15) is 0 Å². The van der Waals surface area contributed by atoms with Gasteiger partial charge >= 0.3 is 0 Å². The first-order chi connectivity index (χ1) is 8.34. The first-order valence-electron chi connectivity index (χ1n) is 6.50. The quantitative estimate of drug-likeness (QED) is 0.659. The average molecular weight is 191 g/mol. The summed E-state index contributed by atoms with van der Waals surface area (Å²) in [5.41, 5.74) is 0.466. The Morgan fingerprint density at radius 3 is 3.00 bits per heavy atom. The van der Waals surface area contributed by atoms with E-state index in [1.807, 2.05) is 12.5 Å². The maximum Gasteiger partial charge on any atom is 0.124 e. The van der Waals surface area contributed by atoms with Gasteiger partial charge in [0.05, 0.1) is 6.54 Å². The molecule has 0 aromatic heterocycles. The fourth-order valence-corrected chi connectivity index (χ4v) is 1.06. The smallest absolute Gasteiger partial charge is 0.124 e. The molecule has 0 radical (unpaired) electrons. The number of likely N-dealkylation sites (N-methyl/N-ethyl adjacent to an activating group) is 1. The van der Waals surface area contributed by atoms with E-state index >= 15 is 0 Å². The van der Waals surface area contributed by atoms with Crippen LogP contribution in [0.2, 0.25) is 0 Å². The van der Waals surface area contributed by atoms with Crippen molar-refractivity contribution in [2.24, 2.45) is 0 Å². The van der Waals surface area contributed by atoms with Crippen molar-refractivity contribution in [1.29, 1.82) is 0 Å². The van der Waals surface area contributed by atoms with E-state index in [4.69, 9.17) is 5.48 Å². The van der Waals surface area contributed by atoms with Gasteiger partial charge in [0.1, 0.15) is 1.37 Å². The Morgan fingerprint density at radius 1 is 1.64 bits per heavy atom. The molecule has 0 fully saturated rings. The maximum atomic E-state index is 8.27. The van der Waals surface area contributed by atoms with Gasteiger partial charge < -0.3 is 0 Å². The average Bonchev–Trinajstić information content (AvgIpc) is 2.36. The Hall–Kier alpha value is -1.26. The summed E-state index contributed by atoms with van der Waals surface area (Å²) in [5, 5.41) is 0. The Morgan fingerprint density at radius 2 is 2.36 bits per heavy atom. The van der Waals surface area contributed by atoms with Gasteiger partial charge in [0.25, 0.3) is 0 Å². The predicted molar refractivity (Wildman–Crippen MR) is 61.1 cm³/mol. The number of benzene rings is 1. The lowest BCUT2D eigenvalue weighted by Gasteiger charge is -2.22. The molecule has 0 saturated heterocycles. The molecule has 0 heterocycles. The van der Waals surface area contributed by atoms with Crippen molar-refractivity contribution in [3.8, 4) is 12.3 Å². The van der Waals surface area contributed by atoms with Gasteiger partial charge in [-0.2, -0.15) is 0 Å². The van der Waals surface area contributed by atoms with E-state index < -0.39 is 12.4 Å². The number of hydrogen-bond donors (Lipinski definition) is 0. The third-order valence-electron chi connectivity index (χ3n) is 1.99. The standard InChI is InChI=1S/C13H17N/c1-4-10-14(3)12(2)11-13-8-6-5-7-9-13/h1,5-9,12H,10-11H2,2-3H3/t12-/m0/s1/i1D,11D2,12D. The lowest BCUT2D eigenvalue weighted by molar-refractivity contribution is 0.287. The molecule has 14 heavy (non-hydrogen) atoms. The Balaban J connectivity index is 3.04. The molecule has 1 aromatic carbocycles. The third-order valence-corrected chi connectivity index (χ3v) is 1.99. The van der Waals surface area contributed by atoms with E-state index in [1.165, 1.54) is 11.8 Å². The molecule has 1 nitrogen and oxygen atoms in total. The summed E-state index contributed by atoms with van der Waals surface area (Å²) in [7, 11) is 1.64. The second-order valence-electron chi connectivity index (χ2n) is 3.11. The fraction of sp³-hybridized carbons (Fsp3) is 0.385. The molecule has 0 bridgehead atoms. The van der Waals surface area contributed by atoms with Crippen LogP contribution < -0.4 is 0 Å². The highest BCUT2D eigenvalue weighted by Crippen LogP contribution is 2.06. The van der Waals surface area contributed by atoms with E-state index in [2.05, 4.69) is 5.92 Å². The molecule has 0 aliphatic heterocycles. The van der Waals surface area contributed by atoms with Crippen molar-refractivity contribution in [3.63, 3.8) is 0 Å². The highest BCUT2D eigenvalue weighted by atomic mass is 15.1. The molecule has 74 valence electrons. The van der Waals surface area contributed by atoms with Crippen LogP contribution in [0.4, 0.5) is 0 Å². The molecule has 0 aliphatic rings. The fourth-order valence-electron chi connectivity index (χ4n) is 1.06. The molecule has 1 atom stereocenters. The molecule has 0 unspecified atom stereocenters. The minimum Gasteiger partial charge on any atom is -0.292 e. The lowest BCUT2D eigenvalue weighted by atomic mass is 10.1. The molecule has 0 N–H and O–H groups in total. The topological polar surface area (TPSA) is 3.24 Å². The summed E-state index contributed by atoms with van der Waals surface area (Å²) in [6, 6.07) is 7.22. The highest BCUT2D eigenvalue weighted by molar-refractivity contribution is 5.15. The monoisotopic (exact) mass is 191 g/mol. The predicted octanol–water partition coefficient (Wildman–Crippen LogP) is 2.18. The molecular weight excluding hydrogens is 170 g/mol. The summed E-state index contributed by atoms with van der Waals surface area (Å²) >= 11 is 0. The van der Waals surface area contributed by atoms with Crippen LogP contribution in [0, 0.1) is 12.3 Å². The zero-order valence-corrected chi connectivity index (χ0v) is 8.54. The van der Waals surface area contributed by atoms with Crippen LogP contribution >= 0.6 is 0 Å². The van der Waals surface area contributed by atoms with Crippen LogP contribution in [0.5, 0.6) is 0 Å². The second-order valence-corrected chi connectivity index (χ2v) is 3.11. The zero-order chi connectivity index (χ0) is 13.8. The van der Waals surface area contributed by atoms with E-state index in [0.29, 0.717) is 5.56 Å². The SMILES string of the molecule is [2H]C#CCN(C)[C@@]([2H])(C)C([2H])([2H])c1ccccc1. The summed E-state index contributed by atoms with van der Waals surface area (Å²) in [6.45, 7) is 1.71. The van der Waals surface area contributed by atoms with Gasteiger partial charge in [-0.05, 0) is 25.9 Å². The number of terminal acetylenes is 1. The van der Waals surface area contributed by atoms with Gasteiger partial charge in [0.2, 0.25) is 0 Å². The Labute approximate surface area is 92.4 Å². The molecule has 1 rings (SSSR count). The van der Waals surface area contributed by atoms with Gasteiger partial charge in [-0.25, -0.2) is 0 Å². The molecule has 1 heteroatoms. The molecular formula is C13H17N. The minimum absolute atomic E-state index is 0.190. The van der Waals surface area contributed by atoms with Crippen molar-refractivity contribution in [1.82, 2.24) is 4.90 Å². The maximum absolute atomic E-state index is 8.27. The van der Waals surface area contributed by atoms with Crippen LogP contribution in [-0.2, 0) is 6.37 Å². The van der Waals surface area contributed by atoms with Gasteiger partial charge in [0.15, 0.2) is 0 Å². The molecule has 0 spiro atoms. The van der Waals surface area contributed by atoms with Crippen molar-refractivity contribution in [3.05, 3.63) is 35.9 Å². The summed E-state index contributed by atoms with van der Waals surface area (Å²) in [5.74, 6) is 2.53. The Bertz CT molecular complexity index is 445. The molecule has 0 aliphatic carbocycles. The summed E-state index contributed by atoms with van der Waals surface area (Å²) < 4.78 is 31.4. The van der Waals surface area contributed by atoms with Gasteiger partial charge in [-0.1, -0.05) is 36.3 Å². The highest BCUT2D eigenvalue weighted by Gasteiger charge is 2.07. The van der Waals surface area contributed by atoms with Crippen molar-refractivity contribution < 1.29 is 5.48 Å². The minimum atomic E-state index is -1.83. The van der Waals surface area contributed by atoms with Crippen LogP contribution in [0.1, 0.15) is 18.0 Å². The van der Waals surface area contributed by atoms with Gasteiger partial charge in [-0.15, -0.1) is 6.40 Å². The second kappa shape index (κ2) is 5.47. The van der Waals surface area contributed by atoms with Crippen LogP contribution in [-0.4, -0.2) is 24.5 Å². The first-order valence-corrected chi connectivity index (χ1v) is 4.50. The third kappa shape index (κ3) is 3.24. The van der Waals surface area contributed by atoms with Crippen molar-refractivity contribution >= 4 is 0 Å². The molecule has 0 saturated carbocycles. The van der Waals surface area contributed by atoms with E-state index in [-0.39, 0.29) is 6.54 Å². The van der Waals surface area contributed by atoms with Gasteiger partial charge in [0, 0.05) is 10.1 Å². The van der Waals surface area contributed by atoms with Crippen molar-refractivity contribution in [2.45, 2.75) is 19.3 Å². The lowest BCUT2D eigenvalue weighted by Crippen LogP contribution is -2.31. The number of rotatable bonds is 4. The van der Waals surface area contributed by atoms with Crippen LogP contribution in [0.25, 0.3) is 0 Å². The molecule has 0 amide bonds. The Kier molecular flexibility index (Phi) is 2.45. The summed E-state index contributed by atoms with van der Waals surface area (Å²) in [4.78, 5) is 1.50. The molecule has 1 aromatic rings. The largest absolute Gasteiger partial charge is 0.292 e. The van der Waals surface area contributed by atoms with Crippen molar-refractivity contribution in [2.75, 3.05) is 13.6 Å². The van der Waals surface area contributed by atoms with Gasteiger partial charge in [-0.3, -0.25) is 4.90 Å². The number of nitrogens with zero attached hydrogens (tertiary/aromatic N) is 1.